The van der Waals surface area contributed by atoms with E-state index < -0.39 is 5.60 Å². The van der Waals surface area contributed by atoms with Crippen molar-refractivity contribution in [2.75, 3.05) is 0 Å². The summed E-state index contributed by atoms with van der Waals surface area (Å²) in [6.07, 6.45) is 5.48. The van der Waals surface area contributed by atoms with Gasteiger partial charge in [-0.15, -0.1) is 0 Å². The van der Waals surface area contributed by atoms with Crippen LogP contribution in [0.5, 0.6) is 0 Å². The summed E-state index contributed by atoms with van der Waals surface area (Å²) in [7, 11) is 0. The van der Waals surface area contributed by atoms with Gasteiger partial charge in [0, 0.05) is 0 Å². The van der Waals surface area contributed by atoms with Crippen LogP contribution in [0.4, 0.5) is 0 Å². The van der Waals surface area contributed by atoms with Crippen LogP contribution in [0.15, 0.2) is 18.2 Å². The number of hydrogen-bond acceptors (Lipinski definition) is 1. The van der Waals surface area contributed by atoms with E-state index in [0.29, 0.717) is 5.92 Å². The van der Waals surface area contributed by atoms with Crippen molar-refractivity contribution in [1.29, 1.82) is 0 Å². The van der Waals surface area contributed by atoms with E-state index in [4.69, 9.17) is 0 Å². The van der Waals surface area contributed by atoms with Gasteiger partial charge in [-0.2, -0.15) is 0 Å². The number of aryl methyl sites for hydroxylation is 2. The van der Waals surface area contributed by atoms with Gasteiger partial charge in [0.15, 0.2) is 0 Å². The summed E-state index contributed by atoms with van der Waals surface area (Å²) in [5.41, 5.74) is 3.14. The third kappa shape index (κ3) is 2.55. The van der Waals surface area contributed by atoms with Crippen LogP contribution in [-0.2, 0) is 5.60 Å². The van der Waals surface area contributed by atoms with Crippen molar-refractivity contribution in [2.45, 2.75) is 58.5 Å². The molecule has 1 aliphatic carbocycles. The van der Waals surface area contributed by atoms with Crippen molar-refractivity contribution in [2.24, 2.45) is 5.92 Å². The smallest absolute Gasteiger partial charge is 0.0899 e. The molecule has 0 saturated heterocycles. The highest BCUT2D eigenvalue weighted by Crippen LogP contribution is 2.41. The molecule has 0 radical (unpaired) electrons. The number of benzene rings is 1. The Morgan fingerprint density at radius 3 is 2.71 bits per heavy atom. The van der Waals surface area contributed by atoms with Gasteiger partial charge in [-0.05, 0) is 55.7 Å². The Morgan fingerprint density at radius 1 is 1.29 bits per heavy atom. The second kappa shape index (κ2) is 4.81. The van der Waals surface area contributed by atoms with Crippen LogP contribution < -0.4 is 0 Å². The minimum Gasteiger partial charge on any atom is -0.385 e. The Kier molecular flexibility index (Phi) is 3.58. The second-order valence-electron chi connectivity index (χ2n) is 5.70. The third-order valence-electron chi connectivity index (χ3n) is 4.45. The summed E-state index contributed by atoms with van der Waals surface area (Å²) < 4.78 is 0. The average Bonchev–Trinajstić information content (AvgIpc) is 2.32. The molecule has 2 atom stereocenters. The van der Waals surface area contributed by atoms with Crippen LogP contribution in [0, 0.1) is 19.8 Å². The minimum atomic E-state index is -0.572. The maximum Gasteiger partial charge on any atom is 0.0899 e. The topological polar surface area (TPSA) is 20.2 Å². The first-order chi connectivity index (χ1) is 8.05. The zero-order chi connectivity index (χ0) is 12.5. The van der Waals surface area contributed by atoms with Crippen molar-refractivity contribution >= 4 is 0 Å². The summed E-state index contributed by atoms with van der Waals surface area (Å²) in [6, 6.07) is 6.42. The van der Waals surface area contributed by atoms with Gasteiger partial charge in [0.2, 0.25) is 0 Å². The van der Waals surface area contributed by atoms with E-state index in [1.54, 1.807) is 0 Å². The minimum absolute atomic E-state index is 0.572. The summed E-state index contributed by atoms with van der Waals surface area (Å²) >= 11 is 0. The van der Waals surface area contributed by atoms with Crippen LogP contribution in [0.3, 0.4) is 0 Å². The van der Waals surface area contributed by atoms with Crippen LogP contribution in [0.1, 0.15) is 55.7 Å². The first-order valence-corrected chi connectivity index (χ1v) is 6.85. The van der Waals surface area contributed by atoms with Gasteiger partial charge in [-0.3, -0.25) is 0 Å². The second-order valence-corrected chi connectivity index (χ2v) is 5.70. The highest BCUT2D eigenvalue weighted by molar-refractivity contribution is 5.33. The van der Waals surface area contributed by atoms with Crippen molar-refractivity contribution in [3.05, 3.63) is 34.9 Å². The van der Waals surface area contributed by atoms with Crippen LogP contribution >= 0.6 is 0 Å². The van der Waals surface area contributed by atoms with Gasteiger partial charge >= 0.3 is 0 Å². The molecule has 1 fully saturated rings. The molecule has 1 N–H and O–H groups in total. The lowest BCUT2D eigenvalue weighted by Crippen LogP contribution is -2.32. The SMILES string of the molecule is CCC1CCCC(O)(c2ccc(C)c(C)c2)C1. The molecule has 1 aliphatic rings. The van der Waals surface area contributed by atoms with Gasteiger partial charge in [-0.25, -0.2) is 0 Å². The molecule has 94 valence electrons. The Morgan fingerprint density at radius 2 is 2.06 bits per heavy atom. The molecule has 0 heterocycles. The van der Waals surface area contributed by atoms with Crippen molar-refractivity contribution in [3.63, 3.8) is 0 Å². The molecule has 1 aromatic carbocycles. The molecular weight excluding hydrogens is 208 g/mol. The fourth-order valence-corrected chi connectivity index (χ4v) is 3.01. The van der Waals surface area contributed by atoms with Gasteiger partial charge < -0.3 is 5.11 Å². The quantitative estimate of drug-likeness (QED) is 0.814. The molecule has 0 spiro atoms. The first kappa shape index (κ1) is 12.6. The Balaban J connectivity index is 2.27. The molecule has 1 aromatic rings. The molecule has 0 aromatic heterocycles. The van der Waals surface area contributed by atoms with E-state index >= 15 is 0 Å². The Labute approximate surface area is 105 Å². The van der Waals surface area contributed by atoms with E-state index in [9.17, 15) is 5.11 Å². The van der Waals surface area contributed by atoms with Gasteiger partial charge in [0.25, 0.3) is 0 Å². The lowest BCUT2D eigenvalue weighted by atomic mass is 9.73. The maximum absolute atomic E-state index is 10.9. The van der Waals surface area contributed by atoms with E-state index in [1.165, 1.54) is 24.0 Å². The zero-order valence-corrected chi connectivity index (χ0v) is 11.3. The fraction of sp³-hybridized carbons (Fsp3) is 0.625. The lowest BCUT2D eigenvalue weighted by molar-refractivity contribution is -0.0217. The average molecular weight is 232 g/mol. The van der Waals surface area contributed by atoms with Crippen LogP contribution in [-0.4, -0.2) is 5.11 Å². The van der Waals surface area contributed by atoms with Crippen molar-refractivity contribution in [1.82, 2.24) is 0 Å². The van der Waals surface area contributed by atoms with E-state index in [-0.39, 0.29) is 0 Å². The monoisotopic (exact) mass is 232 g/mol. The predicted octanol–water partition coefficient (Wildman–Crippen LogP) is 4.09. The van der Waals surface area contributed by atoms with Crippen molar-refractivity contribution in [3.8, 4) is 0 Å². The summed E-state index contributed by atoms with van der Waals surface area (Å²) in [4.78, 5) is 0. The zero-order valence-electron chi connectivity index (χ0n) is 11.3. The van der Waals surface area contributed by atoms with Gasteiger partial charge in [-0.1, -0.05) is 38.0 Å². The van der Waals surface area contributed by atoms with Crippen LogP contribution in [0.25, 0.3) is 0 Å². The van der Waals surface area contributed by atoms with E-state index in [1.807, 2.05) is 0 Å². The molecule has 2 rings (SSSR count). The number of rotatable bonds is 2. The lowest BCUT2D eigenvalue weighted by Gasteiger charge is -2.37. The highest BCUT2D eigenvalue weighted by Gasteiger charge is 2.35. The highest BCUT2D eigenvalue weighted by atomic mass is 16.3. The number of hydrogen-bond donors (Lipinski definition) is 1. The fourth-order valence-electron chi connectivity index (χ4n) is 3.01. The van der Waals surface area contributed by atoms with Gasteiger partial charge in [0.05, 0.1) is 5.60 Å². The maximum atomic E-state index is 10.9. The molecule has 0 amide bonds. The van der Waals surface area contributed by atoms with Gasteiger partial charge in [0.1, 0.15) is 0 Å². The molecular formula is C16H24O. The molecule has 1 saturated carbocycles. The van der Waals surface area contributed by atoms with E-state index in [0.717, 1.165) is 24.8 Å². The third-order valence-corrected chi connectivity index (χ3v) is 4.45. The first-order valence-electron chi connectivity index (χ1n) is 6.85. The molecule has 17 heavy (non-hydrogen) atoms. The van der Waals surface area contributed by atoms with E-state index in [2.05, 4.69) is 39.0 Å². The largest absolute Gasteiger partial charge is 0.385 e. The standard InChI is InChI=1S/C16H24O/c1-4-14-6-5-9-16(17,11-14)15-8-7-12(2)13(3)10-15/h7-8,10,14,17H,4-6,9,11H2,1-3H3. The summed E-state index contributed by atoms with van der Waals surface area (Å²) in [6.45, 7) is 6.48. The molecule has 0 bridgehead atoms. The molecule has 2 unspecified atom stereocenters. The predicted molar refractivity (Wildman–Crippen MR) is 72.1 cm³/mol. The molecule has 1 heteroatoms. The summed E-state index contributed by atoms with van der Waals surface area (Å²) in [5.74, 6) is 0.690. The normalized spacial score (nSPS) is 29.3. The Bertz CT molecular complexity index is 397. The number of aliphatic hydroxyl groups is 1. The van der Waals surface area contributed by atoms with Crippen molar-refractivity contribution < 1.29 is 5.11 Å². The van der Waals surface area contributed by atoms with Crippen LogP contribution in [0.2, 0.25) is 0 Å². The Hall–Kier alpha value is -0.820. The summed E-state index contributed by atoms with van der Waals surface area (Å²) in [5, 5.41) is 10.9. The molecule has 1 nitrogen and oxygen atoms in total. The molecule has 0 aliphatic heterocycles.